The normalized spacial score (nSPS) is 13.5. The summed E-state index contributed by atoms with van der Waals surface area (Å²) in [6.07, 6.45) is 8.03. The minimum absolute atomic E-state index is 0.139. The molecule has 1 atom stereocenters. The average Bonchev–Trinajstić information content (AvgIpc) is 3.19. The first kappa shape index (κ1) is 39.3. The number of hydrogen-bond acceptors (Lipinski definition) is 3. The molecule has 0 saturated heterocycles. The van der Waals surface area contributed by atoms with E-state index in [0.717, 1.165) is 36.4 Å². The van der Waals surface area contributed by atoms with Crippen molar-refractivity contribution in [3.8, 4) is 17.7 Å². The number of aryl methyl sites for hydroxylation is 2. The predicted molar refractivity (Wildman–Crippen MR) is 184 cm³/mol. The van der Waals surface area contributed by atoms with Crippen molar-refractivity contribution < 1.29 is 9.90 Å². The molecule has 0 amide bonds. The Labute approximate surface area is 260 Å². The molecule has 2 aromatic rings. The van der Waals surface area contributed by atoms with E-state index >= 15 is 0 Å². The van der Waals surface area contributed by atoms with Gasteiger partial charge < -0.3 is 10.4 Å². The van der Waals surface area contributed by atoms with Crippen LogP contribution in [0.4, 0.5) is 0 Å². The molecule has 2 aromatic carbocycles. The van der Waals surface area contributed by atoms with Crippen LogP contribution in [0.15, 0.2) is 36.4 Å². The number of rotatable bonds is 9. The van der Waals surface area contributed by atoms with Crippen LogP contribution in [-0.4, -0.2) is 10.9 Å². The number of carbonyl (C=O) groups excluding carboxylic acids is 1. The Bertz CT molecular complexity index is 1070. The van der Waals surface area contributed by atoms with Gasteiger partial charge >= 0.3 is 0 Å². The number of ketones is 1. The third-order valence-corrected chi connectivity index (χ3v) is 7.02. The Morgan fingerprint density at radius 1 is 0.976 bits per heavy atom. The second-order valence-corrected chi connectivity index (χ2v) is 13.2. The maximum absolute atomic E-state index is 12.4. The maximum atomic E-state index is 12.4. The first-order valence-electron chi connectivity index (χ1n) is 16.4. The molecule has 0 saturated carbocycles. The van der Waals surface area contributed by atoms with Crippen molar-refractivity contribution in [1.82, 2.24) is 5.32 Å². The van der Waals surface area contributed by atoms with Gasteiger partial charge in [-0.2, -0.15) is 0 Å². The Kier molecular flexibility index (Phi) is 19.7. The van der Waals surface area contributed by atoms with Gasteiger partial charge in [-0.1, -0.05) is 129 Å². The van der Waals surface area contributed by atoms with Crippen LogP contribution < -0.4 is 5.32 Å². The van der Waals surface area contributed by atoms with Gasteiger partial charge in [0.1, 0.15) is 5.75 Å². The fourth-order valence-corrected chi connectivity index (χ4v) is 5.97. The number of phenolic OH excluding ortho intramolecular Hbond substituents is 1. The molecule has 0 bridgehead atoms. The fourth-order valence-electron chi connectivity index (χ4n) is 5.97. The summed E-state index contributed by atoms with van der Waals surface area (Å²) in [6.45, 7) is 26.7. The molecule has 0 radical (unpaired) electrons. The molecule has 0 aliphatic heterocycles. The zero-order valence-electron chi connectivity index (χ0n) is 29.2. The van der Waals surface area contributed by atoms with Gasteiger partial charge in [-0.05, 0) is 80.5 Å². The predicted octanol–water partition coefficient (Wildman–Crippen LogP) is 10.8. The lowest BCUT2D eigenvalue weighted by Crippen LogP contribution is -2.14. The lowest BCUT2D eigenvalue weighted by Gasteiger charge is -2.19. The highest BCUT2D eigenvalue weighted by Gasteiger charge is 2.32. The number of fused-ring (bicyclic) bond motifs is 1. The number of Topliss-reactive ketones (excluding diaryl/α,β-unsaturated/α-hetero) is 1. The maximum Gasteiger partial charge on any atom is 0.166 e. The third kappa shape index (κ3) is 16.6. The Hall–Kier alpha value is -2.73. The summed E-state index contributed by atoms with van der Waals surface area (Å²) in [7, 11) is 0. The van der Waals surface area contributed by atoms with Crippen LogP contribution in [0.25, 0.3) is 0 Å². The van der Waals surface area contributed by atoms with E-state index in [1.165, 1.54) is 48.8 Å². The van der Waals surface area contributed by atoms with E-state index in [0.29, 0.717) is 11.3 Å². The number of nitrogens with one attached hydrogen (secondary N) is 1. The second-order valence-electron chi connectivity index (χ2n) is 13.2. The third-order valence-electron chi connectivity index (χ3n) is 7.02. The van der Waals surface area contributed by atoms with Crippen LogP contribution in [0, 0.1) is 49.0 Å². The van der Waals surface area contributed by atoms with Crippen LogP contribution in [0.5, 0.6) is 5.75 Å². The van der Waals surface area contributed by atoms with E-state index in [9.17, 15) is 9.90 Å². The molecule has 236 valence electrons. The number of phenols is 1. The topological polar surface area (TPSA) is 49.3 Å². The largest absolute Gasteiger partial charge is 0.508 e. The van der Waals surface area contributed by atoms with Crippen molar-refractivity contribution in [2.75, 3.05) is 0 Å². The molecule has 3 rings (SSSR count). The summed E-state index contributed by atoms with van der Waals surface area (Å²) in [4.78, 5) is 12.4. The first-order chi connectivity index (χ1) is 19.8. The minimum Gasteiger partial charge on any atom is -0.508 e. The van der Waals surface area contributed by atoms with Crippen LogP contribution in [0.3, 0.4) is 0 Å². The van der Waals surface area contributed by atoms with Crippen LogP contribution in [-0.2, 0) is 13.0 Å². The summed E-state index contributed by atoms with van der Waals surface area (Å²) in [5, 5.41) is 12.5. The van der Waals surface area contributed by atoms with Crippen molar-refractivity contribution in [3.05, 3.63) is 64.2 Å². The van der Waals surface area contributed by atoms with Gasteiger partial charge in [0.05, 0.1) is 0 Å². The van der Waals surface area contributed by atoms with Gasteiger partial charge in [0.25, 0.3) is 0 Å². The molecule has 3 heteroatoms. The molecular formula is C39H63NO2. The Morgan fingerprint density at radius 2 is 1.55 bits per heavy atom. The highest BCUT2D eigenvalue weighted by Crippen LogP contribution is 2.35. The second kappa shape index (κ2) is 21.0. The summed E-state index contributed by atoms with van der Waals surface area (Å²) in [6, 6.07) is 14.6. The molecule has 2 N–H and O–H groups in total. The van der Waals surface area contributed by atoms with Gasteiger partial charge in [-0.15, -0.1) is 0 Å². The van der Waals surface area contributed by atoms with Gasteiger partial charge in [0.15, 0.2) is 5.78 Å². The van der Waals surface area contributed by atoms with Crippen molar-refractivity contribution >= 4 is 5.78 Å². The van der Waals surface area contributed by atoms with Gasteiger partial charge in [-0.25, -0.2) is 0 Å². The lowest BCUT2D eigenvalue weighted by atomic mass is 9.86. The van der Waals surface area contributed by atoms with E-state index < -0.39 is 0 Å². The lowest BCUT2D eigenvalue weighted by molar-refractivity contribution is 0.0915. The van der Waals surface area contributed by atoms with Crippen LogP contribution >= 0.6 is 0 Å². The van der Waals surface area contributed by atoms with Crippen molar-refractivity contribution in [2.24, 2.45) is 23.2 Å². The molecule has 0 aromatic heterocycles. The molecule has 1 unspecified atom stereocenters. The Balaban J connectivity index is 0.000000635. The van der Waals surface area contributed by atoms with E-state index in [2.05, 4.69) is 97.8 Å². The van der Waals surface area contributed by atoms with E-state index in [1.54, 1.807) is 12.1 Å². The fraction of sp³-hybridized carbons (Fsp3) is 0.615. The monoisotopic (exact) mass is 577 g/mol. The summed E-state index contributed by atoms with van der Waals surface area (Å²) >= 11 is 0. The minimum atomic E-state index is 0.139. The van der Waals surface area contributed by atoms with Gasteiger partial charge in [0, 0.05) is 24.1 Å². The number of carbonyl (C=O) groups is 1. The molecule has 1 aliphatic rings. The molecule has 3 nitrogen and oxygen atoms in total. The van der Waals surface area contributed by atoms with Crippen LogP contribution in [0.1, 0.15) is 140 Å². The van der Waals surface area contributed by atoms with E-state index in [-0.39, 0.29) is 17.5 Å². The molecule has 1 aliphatic carbocycles. The zero-order valence-corrected chi connectivity index (χ0v) is 29.2. The number of aromatic hydroxyl groups is 1. The summed E-state index contributed by atoms with van der Waals surface area (Å²) in [5.74, 6) is 4.90. The first-order valence-corrected chi connectivity index (χ1v) is 16.4. The smallest absolute Gasteiger partial charge is 0.166 e. The van der Waals surface area contributed by atoms with E-state index in [4.69, 9.17) is 0 Å². The van der Waals surface area contributed by atoms with E-state index in [1.807, 2.05) is 26.8 Å². The number of benzene rings is 2. The number of hydrogen-bond donors (Lipinski definition) is 2. The Morgan fingerprint density at radius 3 is 2.00 bits per heavy atom. The standard InChI is InChI=1S/C17H24O2.C12H15N.C8H18.C2H6/c1-3-5-12(6-4-2)9-14-10-13-7-8-15(18)11-16(13)17(14)19;1-4-5-13-9-12-7-10(2)6-11(3)8-12;1-7(2)6-8(3,4)5;1-2/h7-8,11-12,14,18H,3-6,9-10H2,1-2H3;6-8,13H,9H2,1-3H3;7H,6H2,1-5H3;1-2H3. The summed E-state index contributed by atoms with van der Waals surface area (Å²) < 4.78 is 0. The van der Waals surface area contributed by atoms with Crippen molar-refractivity contribution in [1.29, 1.82) is 0 Å². The summed E-state index contributed by atoms with van der Waals surface area (Å²) in [5.41, 5.74) is 6.29. The molecule has 0 heterocycles. The highest BCUT2D eigenvalue weighted by molar-refractivity contribution is 6.02. The average molecular weight is 578 g/mol. The van der Waals surface area contributed by atoms with Crippen molar-refractivity contribution in [3.63, 3.8) is 0 Å². The molecule has 0 fully saturated rings. The molecular weight excluding hydrogens is 514 g/mol. The SMILES string of the molecule is CC.CC#CNCc1cc(C)cc(C)c1.CC(C)CC(C)(C)C.CCCC(CCC)CC1Cc2ccc(O)cc2C1=O. The van der Waals surface area contributed by atoms with Crippen molar-refractivity contribution in [2.45, 2.75) is 135 Å². The van der Waals surface area contributed by atoms with Crippen LogP contribution in [0.2, 0.25) is 0 Å². The molecule has 42 heavy (non-hydrogen) atoms. The van der Waals surface area contributed by atoms with Gasteiger partial charge in [-0.3, -0.25) is 4.79 Å². The quantitative estimate of drug-likeness (QED) is 0.230. The highest BCUT2D eigenvalue weighted by atomic mass is 16.3. The molecule has 0 spiro atoms. The van der Waals surface area contributed by atoms with Gasteiger partial charge in [0.2, 0.25) is 0 Å². The zero-order chi connectivity index (χ0) is 32.3.